The molecular weight excluding hydrogens is 288 g/mol. The smallest absolute Gasteiger partial charge is 0.229 e. The summed E-state index contributed by atoms with van der Waals surface area (Å²) in [6, 6.07) is 6.09. The van der Waals surface area contributed by atoms with Crippen LogP contribution in [0.1, 0.15) is 23.8 Å². The van der Waals surface area contributed by atoms with Gasteiger partial charge in [-0.2, -0.15) is 4.98 Å². The molecule has 3 rings (SSSR count). The lowest BCUT2D eigenvalue weighted by atomic mass is 10.1. The lowest BCUT2D eigenvalue weighted by Gasteiger charge is -2.15. The zero-order valence-corrected chi connectivity index (χ0v) is 14.3. The average Bonchev–Trinajstić information content (AvgIpc) is 2.86. The number of aromatic nitrogens is 2. The Balaban J connectivity index is 2.04. The van der Waals surface area contributed by atoms with E-state index < -0.39 is 0 Å². The zero-order valence-electron chi connectivity index (χ0n) is 14.3. The summed E-state index contributed by atoms with van der Waals surface area (Å²) in [5.74, 6) is 2.49. The van der Waals surface area contributed by atoms with Crippen LogP contribution in [-0.2, 0) is 6.42 Å². The van der Waals surface area contributed by atoms with Gasteiger partial charge >= 0.3 is 0 Å². The largest absolute Gasteiger partial charge is 0.459 e. The minimum Gasteiger partial charge on any atom is -0.459 e. The number of fused-ring (bicyclic) bond motifs is 1. The maximum atomic E-state index is 6.02. The summed E-state index contributed by atoms with van der Waals surface area (Å²) in [5.41, 5.74) is 3.99. The first-order chi connectivity index (χ1) is 11.0. The summed E-state index contributed by atoms with van der Waals surface area (Å²) >= 11 is 0. The molecule has 0 amide bonds. The van der Waals surface area contributed by atoms with E-state index in [4.69, 9.17) is 4.42 Å². The Morgan fingerprint density at radius 1 is 1.22 bits per heavy atom. The van der Waals surface area contributed by atoms with E-state index in [0.29, 0.717) is 5.95 Å². The van der Waals surface area contributed by atoms with Crippen LogP contribution in [0.3, 0.4) is 0 Å². The van der Waals surface area contributed by atoms with E-state index in [-0.39, 0.29) is 0 Å². The first-order valence-corrected chi connectivity index (χ1v) is 7.80. The molecule has 0 spiro atoms. The number of hydrogen-bond acceptors (Lipinski definition) is 5. The highest BCUT2D eigenvalue weighted by Crippen LogP contribution is 2.32. The molecule has 0 aliphatic carbocycles. The molecule has 5 nitrogen and oxygen atoms in total. The number of para-hydroxylation sites is 1. The summed E-state index contributed by atoms with van der Waals surface area (Å²) in [6.45, 7) is 6.20. The summed E-state index contributed by atoms with van der Waals surface area (Å²) in [6.07, 6.45) is 2.71. The first kappa shape index (κ1) is 15.3. The second-order valence-corrected chi connectivity index (χ2v) is 5.91. The Kier molecular flexibility index (Phi) is 3.94. The summed E-state index contributed by atoms with van der Waals surface area (Å²) in [4.78, 5) is 10.9. The molecule has 120 valence electrons. The second-order valence-electron chi connectivity index (χ2n) is 5.91. The maximum Gasteiger partial charge on any atom is 0.229 e. The van der Waals surface area contributed by atoms with Crippen LogP contribution in [0, 0.1) is 13.8 Å². The number of anilines is 3. The highest BCUT2D eigenvalue weighted by atomic mass is 16.3. The Labute approximate surface area is 136 Å². The van der Waals surface area contributed by atoms with Gasteiger partial charge in [0.05, 0.1) is 5.69 Å². The van der Waals surface area contributed by atoms with Crippen molar-refractivity contribution in [3.8, 4) is 0 Å². The molecule has 0 atom stereocenters. The Morgan fingerprint density at radius 2 is 2.00 bits per heavy atom. The topological polar surface area (TPSA) is 54.2 Å². The number of aryl methyl sites for hydroxylation is 3. The van der Waals surface area contributed by atoms with Crippen molar-refractivity contribution in [2.24, 2.45) is 0 Å². The van der Waals surface area contributed by atoms with Crippen molar-refractivity contribution < 1.29 is 4.42 Å². The Bertz CT molecular complexity index is 852. The molecule has 5 heteroatoms. The zero-order chi connectivity index (χ0) is 16.6. The van der Waals surface area contributed by atoms with Crippen molar-refractivity contribution in [2.45, 2.75) is 27.2 Å². The number of furan rings is 1. The number of hydrogen-bond donors (Lipinski definition) is 1. The van der Waals surface area contributed by atoms with E-state index in [2.05, 4.69) is 35.2 Å². The van der Waals surface area contributed by atoms with E-state index in [1.807, 2.05) is 44.2 Å². The standard InChI is InChI=1S/C18H22N4O/c1-6-15-12(3)13-8-7-9-14(16(13)23-15)20-18-19-10-11(2)17(21-18)22(4)5/h7-10H,6H2,1-5H3,(H,19,20,21). The Hall–Kier alpha value is -2.56. The van der Waals surface area contributed by atoms with Crippen molar-refractivity contribution in [3.05, 3.63) is 41.3 Å². The normalized spacial score (nSPS) is 11.0. The molecule has 0 fully saturated rings. The van der Waals surface area contributed by atoms with Crippen LogP contribution in [0.25, 0.3) is 11.0 Å². The van der Waals surface area contributed by atoms with Gasteiger partial charge in [-0.25, -0.2) is 4.98 Å². The van der Waals surface area contributed by atoms with E-state index in [1.165, 1.54) is 5.56 Å². The average molecular weight is 310 g/mol. The van der Waals surface area contributed by atoms with Crippen LogP contribution in [-0.4, -0.2) is 24.1 Å². The van der Waals surface area contributed by atoms with E-state index in [1.54, 1.807) is 0 Å². The van der Waals surface area contributed by atoms with Crippen LogP contribution in [0.4, 0.5) is 17.5 Å². The monoisotopic (exact) mass is 310 g/mol. The highest BCUT2D eigenvalue weighted by molar-refractivity contribution is 5.93. The van der Waals surface area contributed by atoms with Crippen LogP contribution in [0.15, 0.2) is 28.8 Å². The van der Waals surface area contributed by atoms with E-state index >= 15 is 0 Å². The van der Waals surface area contributed by atoms with E-state index in [0.717, 1.165) is 40.2 Å². The third kappa shape index (κ3) is 2.74. The summed E-state index contributed by atoms with van der Waals surface area (Å²) < 4.78 is 6.02. The lowest BCUT2D eigenvalue weighted by Crippen LogP contribution is -2.13. The lowest BCUT2D eigenvalue weighted by molar-refractivity contribution is 0.554. The quantitative estimate of drug-likeness (QED) is 0.782. The van der Waals surface area contributed by atoms with Gasteiger partial charge in [0.15, 0.2) is 5.58 Å². The van der Waals surface area contributed by atoms with E-state index in [9.17, 15) is 0 Å². The fraction of sp³-hybridized carbons (Fsp3) is 0.333. The molecule has 2 heterocycles. The third-order valence-corrected chi connectivity index (χ3v) is 4.00. The third-order valence-electron chi connectivity index (χ3n) is 4.00. The van der Waals surface area contributed by atoms with Gasteiger partial charge in [-0.05, 0) is 25.5 Å². The highest BCUT2D eigenvalue weighted by Gasteiger charge is 2.13. The van der Waals surface area contributed by atoms with Crippen molar-refractivity contribution in [1.82, 2.24) is 9.97 Å². The molecule has 0 saturated carbocycles. The van der Waals surface area contributed by atoms with Gasteiger partial charge in [0.2, 0.25) is 5.95 Å². The fourth-order valence-corrected chi connectivity index (χ4v) is 2.79. The van der Waals surface area contributed by atoms with Crippen LogP contribution >= 0.6 is 0 Å². The molecule has 0 aliphatic rings. The number of rotatable bonds is 4. The predicted molar refractivity (Wildman–Crippen MR) is 94.7 cm³/mol. The number of benzene rings is 1. The molecule has 0 saturated heterocycles. The molecule has 1 aromatic carbocycles. The SMILES string of the molecule is CCc1oc2c(Nc3ncc(C)c(N(C)C)n3)cccc2c1C. The first-order valence-electron chi connectivity index (χ1n) is 7.80. The molecular formula is C18H22N4O. The van der Waals surface area contributed by atoms with Crippen LogP contribution < -0.4 is 10.2 Å². The van der Waals surface area contributed by atoms with Gasteiger partial charge < -0.3 is 14.6 Å². The maximum absolute atomic E-state index is 6.02. The molecule has 0 unspecified atom stereocenters. The van der Waals surface area contributed by atoms with Crippen molar-refractivity contribution >= 4 is 28.4 Å². The molecule has 3 aromatic rings. The van der Waals surface area contributed by atoms with Crippen molar-refractivity contribution in [1.29, 1.82) is 0 Å². The fourth-order valence-electron chi connectivity index (χ4n) is 2.79. The van der Waals surface area contributed by atoms with Gasteiger partial charge in [0, 0.05) is 37.7 Å². The molecule has 2 aromatic heterocycles. The minimum absolute atomic E-state index is 0.568. The molecule has 0 bridgehead atoms. The molecule has 23 heavy (non-hydrogen) atoms. The van der Waals surface area contributed by atoms with Crippen molar-refractivity contribution in [2.75, 3.05) is 24.3 Å². The predicted octanol–water partition coefficient (Wildman–Crippen LogP) is 4.21. The van der Waals surface area contributed by atoms with Crippen molar-refractivity contribution in [3.63, 3.8) is 0 Å². The van der Waals surface area contributed by atoms with Gasteiger partial charge in [-0.1, -0.05) is 19.1 Å². The molecule has 0 radical (unpaired) electrons. The summed E-state index contributed by atoms with van der Waals surface area (Å²) in [7, 11) is 3.95. The number of nitrogens with zero attached hydrogens (tertiary/aromatic N) is 3. The van der Waals surface area contributed by atoms with Gasteiger partial charge in [0.25, 0.3) is 0 Å². The summed E-state index contributed by atoms with van der Waals surface area (Å²) in [5, 5.41) is 4.42. The Morgan fingerprint density at radius 3 is 2.70 bits per heavy atom. The van der Waals surface area contributed by atoms with Crippen LogP contribution in [0.5, 0.6) is 0 Å². The van der Waals surface area contributed by atoms with Gasteiger partial charge in [0.1, 0.15) is 11.6 Å². The number of nitrogens with one attached hydrogen (secondary N) is 1. The second kappa shape index (κ2) is 5.91. The molecule has 0 aliphatic heterocycles. The van der Waals surface area contributed by atoms with Crippen LogP contribution in [0.2, 0.25) is 0 Å². The minimum atomic E-state index is 0.568. The van der Waals surface area contributed by atoms with Gasteiger partial charge in [-0.3, -0.25) is 0 Å². The van der Waals surface area contributed by atoms with Gasteiger partial charge in [-0.15, -0.1) is 0 Å². The molecule has 1 N–H and O–H groups in total.